The van der Waals surface area contributed by atoms with E-state index in [4.69, 9.17) is 23.2 Å². The van der Waals surface area contributed by atoms with Crippen LogP contribution in [0.1, 0.15) is 5.01 Å². The molecule has 3 rings (SSSR count). The Hall–Kier alpha value is -2.39. The highest BCUT2D eigenvalue weighted by atomic mass is 35.5. The number of aromatic nitrogens is 1. The first kappa shape index (κ1) is 17.4. The van der Waals surface area contributed by atoms with Crippen molar-refractivity contribution in [3.8, 4) is 17.3 Å². The Morgan fingerprint density at radius 1 is 1.16 bits per heavy atom. The average Bonchev–Trinajstić information content (AvgIpc) is 3.09. The van der Waals surface area contributed by atoms with Crippen molar-refractivity contribution in [2.75, 3.05) is 5.32 Å². The number of hydrogen-bond donors (Lipinski definition) is 1. The van der Waals surface area contributed by atoms with Crippen molar-refractivity contribution < 1.29 is 4.39 Å². The molecule has 0 saturated heterocycles. The number of nitrogens with one attached hydrogen (secondary N) is 1. The van der Waals surface area contributed by atoms with Crippen molar-refractivity contribution >= 4 is 45.8 Å². The molecule has 0 aliphatic carbocycles. The third-order valence-electron chi connectivity index (χ3n) is 3.30. The summed E-state index contributed by atoms with van der Waals surface area (Å²) in [6.07, 6.45) is 1.56. The molecule has 124 valence electrons. The Balaban J connectivity index is 1.82. The van der Waals surface area contributed by atoms with Crippen molar-refractivity contribution in [2.24, 2.45) is 0 Å². The van der Waals surface area contributed by atoms with Crippen LogP contribution < -0.4 is 5.32 Å². The van der Waals surface area contributed by atoms with E-state index < -0.39 is 0 Å². The van der Waals surface area contributed by atoms with Gasteiger partial charge in [0.1, 0.15) is 22.5 Å². The van der Waals surface area contributed by atoms with Gasteiger partial charge < -0.3 is 5.32 Å². The van der Waals surface area contributed by atoms with Crippen LogP contribution in [0.25, 0.3) is 16.8 Å². The Morgan fingerprint density at radius 3 is 2.60 bits per heavy atom. The molecular weight excluding hydrogens is 380 g/mol. The van der Waals surface area contributed by atoms with Gasteiger partial charge in [0, 0.05) is 22.8 Å². The molecule has 1 N–H and O–H groups in total. The molecule has 1 aromatic heterocycles. The van der Waals surface area contributed by atoms with Crippen LogP contribution >= 0.6 is 34.5 Å². The summed E-state index contributed by atoms with van der Waals surface area (Å²) in [7, 11) is 0. The molecule has 0 amide bonds. The lowest BCUT2D eigenvalue weighted by Crippen LogP contribution is -1.91. The highest BCUT2D eigenvalue weighted by Crippen LogP contribution is 2.28. The van der Waals surface area contributed by atoms with E-state index in [0.717, 1.165) is 5.56 Å². The van der Waals surface area contributed by atoms with E-state index >= 15 is 0 Å². The van der Waals surface area contributed by atoms with Crippen LogP contribution in [0.5, 0.6) is 0 Å². The molecule has 2 aromatic carbocycles. The monoisotopic (exact) mass is 389 g/mol. The maximum Gasteiger partial charge on any atom is 0.136 e. The fourth-order valence-corrected chi connectivity index (χ4v) is 3.13. The molecule has 0 bridgehead atoms. The Labute approximate surface area is 158 Å². The second kappa shape index (κ2) is 7.66. The van der Waals surface area contributed by atoms with Crippen molar-refractivity contribution in [2.45, 2.75) is 0 Å². The average molecular weight is 390 g/mol. The van der Waals surface area contributed by atoms with Gasteiger partial charge in [0.25, 0.3) is 0 Å². The van der Waals surface area contributed by atoms with Gasteiger partial charge in [0.05, 0.1) is 15.7 Å². The van der Waals surface area contributed by atoms with Crippen LogP contribution in [0, 0.1) is 17.1 Å². The van der Waals surface area contributed by atoms with Gasteiger partial charge in [-0.25, -0.2) is 9.37 Å². The van der Waals surface area contributed by atoms with E-state index in [-0.39, 0.29) is 5.82 Å². The summed E-state index contributed by atoms with van der Waals surface area (Å²) in [5, 5.41) is 15.7. The van der Waals surface area contributed by atoms with Gasteiger partial charge >= 0.3 is 0 Å². The summed E-state index contributed by atoms with van der Waals surface area (Å²) < 4.78 is 13.0. The molecule has 7 heteroatoms. The number of nitrogens with zero attached hydrogens (tertiary/aromatic N) is 2. The van der Waals surface area contributed by atoms with Gasteiger partial charge in [-0.1, -0.05) is 23.2 Å². The molecule has 1 heterocycles. The van der Waals surface area contributed by atoms with Crippen molar-refractivity contribution in [1.29, 1.82) is 5.26 Å². The minimum absolute atomic E-state index is 0.303. The van der Waals surface area contributed by atoms with E-state index in [2.05, 4.69) is 16.4 Å². The third kappa shape index (κ3) is 4.18. The largest absolute Gasteiger partial charge is 0.360 e. The molecule has 0 atom stereocenters. The second-order valence-electron chi connectivity index (χ2n) is 4.99. The number of halogens is 3. The van der Waals surface area contributed by atoms with Gasteiger partial charge in [-0.05, 0) is 42.5 Å². The number of benzene rings is 2. The molecular formula is C18H10Cl2FN3S. The van der Waals surface area contributed by atoms with Crippen LogP contribution in [0.2, 0.25) is 10.0 Å². The Bertz CT molecular complexity index is 975. The lowest BCUT2D eigenvalue weighted by atomic mass is 10.2. The van der Waals surface area contributed by atoms with E-state index in [1.807, 2.05) is 5.38 Å². The number of hydrogen-bond acceptors (Lipinski definition) is 4. The van der Waals surface area contributed by atoms with Crippen LogP contribution in [0.15, 0.2) is 54.0 Å². The van der Waals surface area contributed by atoms with Crippen LogP contribution in [0.4, 0.5) is 10.1 Å². The maximum atomic E-state index is 13.0. The van der Waals surface area contributed by atoms with Gasteiger partial charge in [0.15, 0.2) is 0 Å². The zero-order valence-corrected chi connectivity index (χ0v) is 15.0. The SMILES string of the molecule is N#CC(=CNc1ccc(Cl)c(Cl)c1)c1nc(-c2ccc(F)cc2)cs1. The number of nitriles is 1. The van der Waals surface area contributed by atoms with Crippen LogP contribution in [-0.2, 0) is 0 Å². The van der Waals surface area contributed by atoms with Crippen molar-refractivity contribution in [3.63, 3.8) is 0 Å². The molecule has 25 heavy (non-hydrogen) atoms. The van der Waals surface area contributed by atoms with Crippen LogP contribution in [0.3, 0.4) is 0 Å². The molecule has 0 aliphatic heterocycles. The molecule has 0 spiro atoms. The highest BCUT2D eigenvalue weighted by molar-refractivity contribution is 7.11. The van der Waals surface area contributed by atoms with E-state index in [0.29, 0.717) is 32.0 Å². The topological polar surface area (TPSA) is 48.7 Å². The minimum atomic E-state index is -0.303. The maximum absolute atomic E-state index is 13.0. The molecule has 0 saturated carbocycles. The third-order valence-corrected chi connectivity index (χ3v) is 4.91. The lowest BCUT2D eigenvalue weighted by molar-refractivity contribution is 0.628. The molecule has 3 aromatic rings. The first-order valence-corrected chi connectivity index (χ1v) is 8.74. The Morgan fingerprint density at radius 2 is 1.92 bits per heavy atom. The van der Waals surface area contributed by atoms with Gasteiger partial charge in [0.2, 0.25) is 0 Å². The predicted octanol–water partition coefficient (Wildman–Crippen LogP) is 6.23. The quantitative estimate of drug-likeness (QED) is 0.537. The first-order chi connectivity index (χ1) is 12.1. The summed E-state index contributed by atoms with van der Waals surface area (Å²) in [5.74, 6) is -0.303. The van der Waals surface area contributed by atoms with Crippen molar-refractivity contribution in [1.82, 2.24) is 4.98 Å². The fraction of sp³-hybridized carbons (Fsp3) is 0. The van der Waals surface area contributed by atoms with Gasteiger partial charge in [-0.15, -0.1) is 11.3 Å². The standard InChI is InChI=1S/C18H10Cl2FN3S/c19-15-6-5-14(7-16(15)20)23-9-12(8-22)18-24-17(10-25-18)11-1-3-13(21)4-2-11/h1-7,9-10,23H. The van der Waals surface area contributed by atoms with Crippen molar-refractivity contribution in [3.05, 3.63) is 74.9 Å². The number of rotatable bonds is 4. The highest BCUT2D eigenvalue weighted by Gasteiger charge is 2.09. The first-order valence-electron chi connectivity index (χ1n) is 7.10. The van der Waals surface area contributed by atoms with E-state index in [1.165, 1.54) is 23.5 Å². The van der Waals surface area contributed by atoms with Gasteiger partial charge in [-0.3, -0.25) is 0 Å². The zero-order valence-electron chi connectivity index (χ0n) is 12.6. The van der Waals surface area contributed by atoms with E-state index in [1.54, 1.807) is 36.5 Å². The molecule has 0 fully saturated rings. The van der Waals surface area contributed by atoms with Gasteiger partial charge in [-0.2, -0.15) is 5.26 Å². The normalized spacial score (nSPS) is 11.2. The zero-order chi connectivity index (χ0) is 17.8. The number of allylic oxidation sites excluding steroid dienone is 1. The summed E-state index contributed by atoms with van der Waals surface area (Å²) in [6, 6.07) is 13.3. The molecule has 0 aliphatic rings. The number of thiazole rings is 1. The molecule has 0 unspecified atom stereocenters. The fourth-order valence-electron chi connectivity index (χ4n) is 2.03. The van der Waals surface area contributed by atoms with Crippen LogP contribution in [-0.4, -0.2) is 4.98 Å². The summed E-state index contributed by atoms with van der Waals surface area (Å²) in [4.78, 5) is 4.44. The molecule has 0 radical (unpaired) electrons. The summed E-state index contributed by atoms with van der Waals surface area (Å²) in [6.45, 7) is 0. The molecule has 3 nitrogen and oxygen atoms in total. The number of anilines is 1. The lowest BCUT2D eigenvalue weighted by Gasteiger charge is -2.03. The Kier molecular flexibility index (Phi) is 5.34. The smallest absolute Gasteiger partial charge is 0.136 e. The predicted molar refractivity (Wildman–Crippen MR) is 101 cm³/mol. The minimum Gasteiger partial charge on any atom is -0.360 e. The van der Waals surface area contributed by atoms with E-state index in [9.17, 15) is 9.65 Å². The second-order valence-corrected chi connectivity index (χ2v) is 6.66. The summed E-state index contributed by atoms with van der Waals surface area (Å²) in [5.41, 5.74) is 2.57. The summed E-state index contributed by atoms with van der Waals surface area (Å²) >= 11 is 13.2.